The maximum absolute atomic E-state index is 3.51. The fraction of sp³-hybridized carbons (Fsp3) is 1.00. The van der Waals surface area contributed by atoms with Crippen LogP contribution in [0.2, 0.25) is 0 Å². The van der Waals surface area contributed by atoms with Crippen molar-refractivity contribution in [1.29, 1.82) is 0 Å². The van der Waals surface area contributed by atoms with E-state index in [9.17, 15) is 0 Å². The Hall–Kier alpha value is 0.310. The second-order valence-electron chi connectivity index (χ2n) is 4.81. The number of rotatable bonds is 3. The van der Waals surface area contributed by atoms with Gasteiger partial charge in [-0.2, -0.15) is 11.8 Å². The van der Waals surface area contributed by atoms with E-state index in [2.05, 4.69) is 17.1 Å². The number of hydrogen-bond donors (Lipinski definition) is 1. The predicted octanol–water partition coefficient (Wildman–Crippen LogP) is 3.05. The molecule has 1 aliphatic carbocycles. The first-order chi connectivity index (χ1) is 6.95. The fourth-order valence-corrected chi connectivity index (χ4v) is 4.07. The number of thioether (sulfide) groups is 1. The van der Waals surface area contributed by atoms with Gasteiger partial charge >= 0.3 is 0 Å². The minimum Gasteiger partial charge on any atom is -0.316 e. The van der Waals surface area contributed by atoms with Crippen molar-refractivity contribution in [3.8, 4) is 0 Å². The van der Waals surface area contributed by atoms with Gasteiger partial charge in [0.15, 0.2) is 0 Å². The Kier molecular flexibility index (Phi) is 4.65. The Morgan fingerprint density at radius 1 is 1.00 bits per heavy atom. The first-order valence-electron chi connectivity index (χ1n) is 6.27. The van der Waals surface area contributed by atoms with E-state index in [1.807, 2.05) is 0 Å². The van der Waals surface area contributed by atoms with Crippen LogP contribution in [0.5, 0.6) is 0 Å². The highest BCUT2D eigenvalue weighted by atomic mass is 32.2. The summed E-state index contributed by atoms with van der Waals surface area (Å²) in [6.07, 6.45) is 10.3. The normalized spacial score (nSPS) is 30.4. The van der Waals surface area contributed by atoms with Crippen molar-refractivity contribution in [2.24, 2.45) is 5.92 Å². The summed E-state index contributed by atoms with van der Waals surface area (Å²) in [6, 6.07) is 0. The number of piperidine rings is 1. The molecular weight excluding hydrogens is 190 g/mol. The zero-order valence-corrected chi connectivity index (χ0v) is 9.95. The fourth-order valence-electron chi connectivity index (χ4n) is 2.57. The van der Waals surface area contributed by atoms with Crippen molar-refractivity contribution in [2.75, 3.05) is 18.8 Å². The van der Waals surface area contributed by atoms with Crippen LogP contribution in [0.3, 0.4) is 0 Å². The highest BCUT2D eigenvalue weighted by Gasteiger charge is 2.17. The van der Waals surface area contributed by atoms with Gasteiger partial charge in [-0.15, -0.1) is 0 Å². The highest BCUT2D eigenvalue weighted by molar-refractivity contribution is 7.99. The molecule has 2 fully saturated rings. The maximum atomic E-state index is 3.51. The lowest BCUT2D eigenvalue weighted by molar-refractivity contribution is 0.409. The maximum Gasteiger partial charge on any atom is 0.00471 e. The van der Waals surface area contributed by atoms with E-state index < -0.39 is 0 Å². The lowest BCUT2D eigenvalue weighted by Crippen LogP contribution is -2.31. The molecule has 1 heterocycles. The molecule has 0 bridgehead atoms. The summed E-state index contributed by atoms with van der Waals surface area (Å²) < 4.78 is 0. The van der Waals surface area contributed by atoms with Crippen molar-refractivity contribution in [2.45, 2.75) is 50.2 Å². The Balaban J connectivity index is 1.60. The molecule has 1 aliphatic heterocycles. The standard InChI is InChI=1S/C12H23NS/c1-2-6-12(7-3-1)14-10-11-5-4-8-13-9-11/h11-13H,1-10H2. The van der Waals surface area contributed by atoms with E-state index in [0.717, 1.165) is 11.2 Å². The summed E-state index contributed by atoms with van der Waals surface area (Å²) >= 11 is 2.26. The minimum absolute atomic E-state index is 0.968. The van der Waals surface area contributed by atoms with Gasteiger partial charge in [-0.3, -0.25) is 0 Å². The van der Waals surface area contributed by atoms with Gasteiger partial charge in [-0.05, 0) is 50.4 Å². The first-order valence-corrected chi connectivity index (χ1v) is 7.32. The lowest BCUT2D eigenvalue weighted by Gasteiger charge is -2.26. The van der Waals surface area contributed by atoms with Gasteiger partial charge in [-0.25, -0.2) is 0 Å². The van der Waals surface area contributed by atoms with E-state index in [-0.39, 0.29) is 0 Å². The molecule has 1 nitrogen and oxygen atoms in total. The van der Waals surface area contributed by atoms with E-state index in [0.29, 0.717) is 0 Å². The van der Waals surface area contributed by atoms with E-state index in [4.69, 9.17) is 0 Å². The second kappa shape index (κ2) is 6.02. The molecule has 0 aromatic rings. The quantitative estimate of drug-likeness (QED) is 0.773. The van der Waals surface area contributed by atoms with Crippen LogP contribution in [0, 0.1) is 5.92 Å². The van der Waals surface area contributed by atoms with Crippen LogP contribution in [0.15, 0.2) is 0 Å². The Bertz CT molecular complexity index is 130. The molecule has 14 heavy (non-hydrogen) atoms. The van der Waals surface area contributed by atoms with Crippen LogP contribution in [-0.4, -0.2) is 24.1 Å². The van der Waals surface area contributed by atoms with E-state index in [1.165, 1.54) is 63.8 Å². The summed E-state index contributed by atoms with van der Waals surface area (Å²) in [7, 11) is 0. The molecule has 82 valence electrons. The average Bonchev–Trinajstić information content (AvgIpc) is 2.29. The summed E-state index contributed by atoms with van der Waals surface area (Å²) in [5.74, 6) is 2.38. The van der Waals surface area contributed by atoms with Gasteiger partial charge in [0.1, 0.15) is 0 Å². The van der Waals surface area contributed by atoms with Crippen molar-refractivity contribution < 1.29 is 0 Å². The monoisotopic (exact) mass is 213 g/mol. The molecule has 1 saturated carbocycles. The summed E-state index contributed by atoms with van der Waals surface area (Å²) in [4.78, 5) is 0. The van der Waals surface area contributed by atoms with E-state index in [1.54, 1.807) is 0 Å². The molecule has 2 heteroatoms. The van der Waals surface area contributed by atoms with Gasteiger partial charge in [0.25, 0.3) is 0 Å². The molecule has 1 atom stereocenters. The first kappa shape index (κ1) is 10.8. The van der Waals surface area contributed by atoms with E-state index >= 15 is 0 Å². The third-order valence-electron chi connectivity index (χ3n) is 3.52. The van der Waals surface area contributed by atoms with Gasteiger partial charge < -0.3 is 5.32 Å². The minimum atomic E-state index is 0.968. The Morgan fingerprint density at radius 2 is 1.86 bits per heavy atom. The molecule has 0 radical (unpaired) electrons. The van der Waals surface area contributed by atoms with Gasteiger partial charge in [0.05, 0.1) is 0 Å². The molecular formula is C12H23NS. The molecule has 2 rings (SSSR count). The molecule has 1 unspecified atom stereocenters. The Labute approximate surface area is 92.4 Å². The summed E-state index contributed by atoms with van der Waals surface area (Å²) in [6.45, 7) is 2.53. The Morgan fingerprint density at radius 3 is 2.57 bits per heavy atom. The van der Waals surface area contributed by atoms with Crippen molar-refractivity contribution in [3.63, 3.8) is 0 Å². The van der Waals surface area contributed by atoms with Crippen LogP contribution < -0.4 is 5.32 Å². The average molecular weight is 213 g/mol. The van der Waals surface area contributed by atoms with Crippen molar-refractivity contribution >= 4 is 11.8 Å². The molecule has 0 spiro atoms. The predicted molar refractivity (Wildman–Crippen MR) is 64.9 cm³/mol. The summed E-state index contributed by atoms with van der Waals surface area (Å²) in [5.41, 5.74) is 0. The number of hydrogen-bond acceptors (Lipinski definition) is 2. The molecule has 0 aromatic carbocycles. The molecule has 0 aromatic heterocycles. The molecule has 2 aliphatic rings. The van der Waals surface area contributed by atoms with Gasteiger partial charge in [-0.1, -0.05) is 19.3 Å². The van der Waals surface area contributed by atoms with Crippen molar-refractivity contribution in [3.05, 3.63) is 0 Å². The third-order valence-corrected chi connectivity index (χ3v) is 5.13. The second-order valence-corrected chi connectivity index (χ2v) is 6.14. The molecule has 0 amide bonds. The van der Waals surface area contributed by atoms with Crippen LogP contribution in [0.25, 0.3) is 0 Å². The molecule has 1 saturated heterocycles. The van der Waals surface area contributed by atoms with Crippen LogP contribution in [-0.2, 0) is 0 Å². The van der Waals surface area contributed by atoms with Crippen LogP contribution in [0.4, 0.5) is 0 Å². The SMILES string of the molecule is C1CCC(SCC2CCCNC2)CC1. The lowest BCUT2D eigenvalue weighted by atomic mass is 10.0. The smallest absolute Gasteiger partial charge is 0.00471 e. The topological polar surface area (TPSA) is 12.0 Å². The molecule has 1 N–H and O–H groups in total. The highest BCUT2D eigenvalue weighted by Crippen LogP contribution is 2.30. The van der Waals surface area contributed by atoms with Gasteiger partial charge in [0, 0.05) is 5.25 Å². The largest absolute Gasteiger partial charge is 0.316 e. The number of nitrogens with one attached hydrogen (secondary N) is 1. The zero-order chi connectivity index (χ0) is 9.64. The third kappa shape index (κ3) is 3.47. The van der Waals surface area contributed by atoms with Crippen LogP contribution in [0.1, 0.15) is 44.9 Å². The zero-order valence-electron chi connectivity index (χ0n) is 9.13. The van der Waals surface area contributed by atoms with Crippen LogP contribution >= 0.6 is 11.8 Å². The summed E-state index contributed by atoms with van der Waals surface area (Å²) in [5, 5.41) is 4.51. The van der Waals surface area contributed by atoms with Gasteiger partial charge in [0.2, 0.25) is 0 Å². The van der Waals surface area contributed by atoms with Crippen molar-refractivity contribution in [1.82, 2.24) is 5.32 Å².